The van der Waals surface area contributed by atoms with E-state index in [1.807, 2.05) is 30.6 Å². The van der Waals surface area contributed by atoms with Gasteiger partial charge in [0.1, 0.15) is 11.5 Å². The molecule has 2 aromatic heterocycles. The van der Waals surface area contributed by atoms with Gasteiger partial charge in [0, 0.05) is 61.0 Å². The first-order valence-corrected chi connectivity index (χ1v) is 31.5. The molecule has 4 heterocycles. The highest BCUT2D eigenvalue weighted by molar-refractivity contribution is 7.92. The van der Waals surface area contributed by atoms with Crippen LogP contribution in [-0.4, -0.2) is 95.2 Å². The number of benzene rings is 1. The van der Waals surface area contributed by atoms with Crippen molar-refractivity contribution in [1.29, 1.82) is 0 Å². The molecule has 1 fully saturated rings. The first kappa shape index (κ1) is 45.1. The number of nitrogens with zero attached hydrogens (tertiary/aromatic N) is 4. The van der Waals surface area contributed by atoms with Crippen molar-refractivity contribution in [2.45, 2.75) is 128 Å². The topological polar surface area (TPSA) is 142 Å². The summed E-state index contributed by atoms with van der Waals surface area (Å²) in [5, 5.41) is 2.99. The summed E-state index contributed by atoms with van der Waals surface area (Å²) in [5.74, 6) is 0.617. The molecule has 0 radical (unpaired) electrons. The molecular weight excluding hydrogens is 802 g/mol. The summed E-state index contributed by atoms with van der Waals surface area (Å²) < 4.78 is 66.5. The summed E-state index contributed by atoms with van der Waals surface area (Å²) in [6.45, 7) is 21.7. The second kappa shape index (κ2) is 18.9. The molecule has 2 aliphatic rings. The largest absolute Gasteiger partial charge is 0.475 e. The molecule has 1 atom stereocenters. The average Bonchev–Trinajstić information content (AvgIpc) is 3.52. The van der Waals surface area contributed by atoms with Crippen LogP contribution in [0.3, 0.4) is 0 Å². The molecule has 1 aromatic carbocycles. The summed E-state index contributed by atoms with van der Waals surface area (Å²) in [5.41, 5.74) is 2.91. The van der Waals surface area contributed by atoms with Crippen LogP contribution in [0.25, 0.3) is 15.8 Å². The van der Waals surface area contributed by atoms with Gasteiger partial charge in [-0.05, 0) is 80.1 Å². The highest BCUT2D eigenvalue weighted by Crippen LogP contribution is 2.54. The number of piperidine rings is 1. The van der Waals surface area contributed by atoms with E-state index in [-0.39, 0.29) is 31.5 Å². The molecule has 0 spiro atoms. The number of aromatic nitrogens is 3. The lowest BCUT2D eigenvalue weighted by Gasteiger charge is -2.31. The second-order valence-electron chi connectivity index (χ2n) is 18.1. The molecule has 12 nitrogen and oxygen atoms in total. The number of hydrogen-bond acceptors (Lipinski definition) is 13. The zero-order valence-corrected chi connectivity index (χ0v) is 39.5. The number of fused-ring (bicyclic) bond motifs is 1. The monoisotopic (exact) mass is 865 g/mol. The number of phosphoric acid groups is 1. The van der Waals surface area contributed by atoms with E-state index in [2.05, 4.69) is 72.5 Å². The molecule has 17 heteroatoms. The zero-order chi connectivity index (χ0) is 40.8. The fourth-order valence-electron chi connectivity index (χ4n) is 6.42. The summed E-state index contributed by atoms with van der Waals surface area (Å²) in [4.78, 5) is 16.1. The lowest BCUT2D eigenvalue weighted by Crippen LogP contribution is -2.41. The Balaban J connectivity index is 1.18. The number of anilines is 1. The number of thiazole rings is 1. The van der Waals surface area contributed by atoms with Crippen LogP contribution in [0.1, 0.15) is 64.0 Å². The van der Waals surface area contributed by atoms with Gasteiger partial charge in [-0.1, -0.05) is 70.0 Å². The molecule has 3 aromatic rings. The molecule has 2 aliphatic heterocycles. The smallest absolute Gasteiger partial charge is 0.467 e. The Labute approximate surface area is 341 Å². The number of ether oxygens (including phenoxy) is 1. The van der Waals surface area contributed by atoms with Crippen LogP contribution < -0.4 is 15.0 Å². The maximum atomic E-state index is 13.9. The van der Waals surface area contributed by atoms with E-state index in [0.29, 0.717) is 18.2 Å². The minimum atomic E-state index is -3.92. The number of rotatable bonds is 20. The SMILES string of the molecule is CCCc1cnc(N2CCC(Oc3nc4ccc(C5=CC(S(=O)(=O)CCC(C)(C)OP(=O)(OCC[Si](C)(C)C)OCC[Si](C)(C)C)NCC5)cc4s3)CC2)nc1. The number of phosphoric ester groups is 1. The number of hydrogen-bond donors (Lipinski definition) is 1. The Morgan fingerprint density at radius 2 is 1.64 bits per heavy atom. The Hall–Kier alpha value is -2.02. The summed E-state index contributed by atoms with van der Waals surface area (Å²) in [6, 6.07) is 7.70. The van der Waals surface area contributed by atoms with Gasteiger partial charge in [0.25, 0.3) is 5.19 Å². The Morgan fingerprint density at radius 3 is 2.25 bits per heavy atom. The normalized spacial score (nSPS) is 18.1. The van der Waals surface area contributed by atoms with Crippen molar-refractivity contribution in [3.63, 3.8) is 0 Å². The maximum absolute atomic E-state index is 13.9. The van der Waals surface area contributed by atoms with Gasteiger partial charge in [-0.25, -0.2) is 27.9 Å². The van der Waals surface area contributed by atoms with Crippen molar-refractivity contribution in [2.75, 3.05) is 43.5 Å². The van der Waals surface area contributed by atoms with Crippen molar-refractivity contribution in [1.82, 2.24) is 20.3 Å². The van der Waals surface area contributed by atoms with Gasteiger partial charge in [-0.2, -0.15) is 0 Å². The van der Waals surface area contributed by atoms with Gasteiger partial charge < -0.3 is 9.64 Å². The zero-order valence-electron chi connectivity index (χ0n) is 34.9. The molecule has 5 rings (SSSR count). The van der Waals surface area contributed by atoms with Crippen molar-refractivity contribution in [3.05, 3.63) is 47.8 Å². The van der Waals surface area contributed by atoms with Crippen LogP contribution in [0.5, 0.6) is 5.19 Å². The third-order valence-electron chi connectivity index (χ3n) is 9.99. The van der Waals surface area contributed by atoms with Gasteiger partial charge in [0.05, 0.1) is 34.8 Å². The Morgan fingerprint density at radius 1 is 1.00 bits per heavy atom. The summed E-state index contributed by atoms with van der Waals surface area (Å²) >= 11 is 1.52. The van der Waals surface area contributed by atoms with Crippen LogP contribution in [-0.2, 0) is 34.4 Å². The number of aryl methyl sites for hydroxylation is 1. The quantitative estimate of drug-likeness (QED) is 0.0855. The van der Waals surface area contributed by atoms with E-state index in [0.717, 1.165) is 78.2 Å². The van der Waals surface area contributed by atoms with Crippen LogP contribution in [0.2, 0.25) is 51.4 Å². The predicted octanol–water partition coefficient (Wildman–Crippen LogP) is 9.21. The minimum absolute atomic E-state index is 0.0658. The van der Waals surface area contributed by atoms with Gasteiger partial charge in [-0.3, -0.25) is 18.9 Å². The molecular formula is C39H64N5O7PS2Si2. The van der Waals surface area contributed by atoms with Crippen molar-refractivity contribution in [3.8, 4) is 5.19 Å². The minimum Gasteiger partial charge on any atom is -0.467 e. The number of sulfone groups is 1. The Kier molecular flexibility index (Phi) is 15.2. The third-order valence-corrected chi connectivity index (χ3v) is 17.9. The van der Waals surface area contributed by atoms with Gasteiger partial charge in [-0.15, -0.1) is 0 Å². The Bertz CT molecular complexity index is 1920. The molecule has 56 heavy (non-hydrogen) atoms. The molecule has 0 aliphatic carbocycles. The maximum Gasteiger partial charge on any atom is 0.475 e. The highest BCUT2D eigenvalue weighted by atomic mass is 32.2. The van der Waals surface area contributed by atoms with Crippen molar-refractivity contribution in [2.24, 2.45) is 0 Å². The van der Waals surface area contributed by atoms with Crippen molar-refractivity contribution < 1.29 is 31.3 Å². The van der Waals surface area contributed by atoms with E-state index >= 15 is 0 Å². The first-order chi connectivity index (χ1) is 26.2. The van der Waals surface area contributed by atoms with E-state index < -0.39 is 44.8 Å². The number of nitrogens with one attached hydrogen (secondary N) is 1. The third kappa shape index (κ3) is 13.8. The molecule has 0 saturated carbocycles. The summed E-state index contributed by atoms with van der Waals surface area (Å²) in [6.07, 6.45) is 10.4. The van der Waals surface area contributed by atoms with Crippen LogP contribution >= 0.6 is 19.2 Å². The first-order valence-electron chi connectivity index (χ1n) is 20.1. The van der Waals surface area contributed by atoms with Gasteiger partial charge in [0.15, 0.2) is 9.84 Å². The van der Waals surface area contributed by atoms with Gasteiger partial charge >= 0.3 is 7.82 Å². The van der Waals surface area contributed by atoms with E-state index in [1.165, 1.54) is 16.9 Å². The molecule has 1 unspecified atom stereocenters. The van der Waals surface area contributed by atoms with Crippen LogP contribution in [0, 0.1) is 0 Å². The molecule has 1 N–H and O–H groups in total. The summed E-state index contributed by atoms with van der Waals surface area (Å²) in [7, 11) is -10.5. The predicted molar refractivity (Wildman–Crippen MR) is 235 cm³/mol. The van der Waals surface area contributed by atoms with Crippen LogP contribution in [0.15, 0.2) is 36.7 Å². The second-order valence-corrected chi connectivity index (χ2v) is 34.2. The van der Waals surface area contributed by atoms with E-state index in [1.54, 1.807) is 13.8 Å². The fourth-order valence-corrected chi connectivity index (χ4v) is 12.4. The molecule has 312 valence electrons. The highest BCUT2D eigenvalue weighted by Gasteiger charge is 2.38. The lowest BCUT2D eigenvalue weighted by molar-refractivity contribution is 0.0334. The average molecular weight is 866 g/mol. The molecule has 0 bridgehead atoms. The standard InChI is InChI=1S/C39H64N5O7PS2Si2/c1-10-11-30-28-41-37(42-29-30)44-19-15-33(16-20-44)50-38-43-34-13-12-31(26-35(34)53-38)32-14-18-40-36(27-32)54(46,47)23-17-39(2,3)51-52(45,48-21-24-55(4,5)6)49-22-25-56(7,8)9/h12-13,26-29,33,36,40H,10-11,14-25H2,1-9H3. The van der Waals surface area contributed by atoms with Crippen LogP contribution in [0.4, 0.5) is 5.95 Å². The van der Waals surface area contributed by atoms with E-state index in [4.69, 9.17) is 23.3 Å². The molecule has 1 saturated heterocycles. The van der Waals surface area contributed by atoms with Gasteiger partial charge in [0.2, 0.25) is 5.95 Å². The van der Waals surface area contributed by atoms with Crippen molar-refractivity contribution >= 4 is 66.9 Å². The fraction of sp³-hybridized carbons (Fsp3) is 0.667. The molecule has 0 amide bonds. The lowest BCUT2D eigenvalue weighted by atomic mass is 10.0. The van der Waals surface area contributed by atoms with E-state index in [9.17, 15) is 13.0 Å².